The molecule has 1 amide bonds. The zero-order chi connectivity index (χ0) is 28.4. The Morgan fingerprint density at radius 2 is 1.40 bits per heavy atom. The van der Waals surface area contributed by atoms with Crippen LogP contribution in [0.4, 0.5) is 5.69 Å². The molecule has 8 heteroatoms. The van der Waals surface area contributed by atoms with Crippen LogP contribution in [0.1, 0.15) is 40.9 Å². The van der Waals surface area contributed by atoms with E-state index in [0.717, 1.165) is 5.56 Å². The zero-order valence-corrected chi connectivity index (χ0v) is 22.2. The van der Waals surface area contributed by atoms with Crippen molar-refractivity contribution in [3.63, 3.8) is 0 Å². The first kappa shape index (κ1) is 27.3. The molecule has 3 saturated heterocycles. The average molecular weight is 539 g/mol. The number of amides is 1. The van der Waals surface area contributed by atoms with Gasteiger partial charge in [-0.15, -0.1) is 0 Å². The topological polar surface area (TPSA) is 123 Å². The molecule has 2 atom stereocenters. The van der Waals surface area contributed by atoms with Crippen LogP contribution in [0.2, 0.25) is 0 Å². The third kappa shape index (κ3) is 5.67. The zero-order valence-electron chi connectivity index (χ0n) is 22.2. The molecular weight excluding hydrogens is 508 g/mol. The normalized spacial score (nSPS) is 23.5. The van der Waals surface area contributed by atoms with Gasteiger partial charge in [0.05, 0.1) is 19.8 Å². The van der Waals surface area contributed by atoms with Crippen molar-refractivity contribution in [3.05, 3.63) is 95.1 Å². The average Bonchev–Trinajstić information content (AvgIpc) is 2.96. The second kappa shape index (κ2) is 10.7. The van der Waals surface area contributed by atoms with Gasteiger partial charge in [-0.05, 0) is 85.0 Å². The molecule has 0 saturated carbocycles. The molecule has 3 aliphatic rings. The van der Waals surface area contributed by atoms with Crippen LogP contribution in [-0.4, -0.2) is 48.0 Å². The van der Waals surface area contributed by atoms with Crippen molar-refractivity contribution < 1.29 is 29.2 Å². The van der Waals surface area contributed by atoms with Gasteiger partial charge in [0.1, 0.15) is 17.4 Å². The molecule has 3 aromatic rings. The van der Waals surface area contributed by atoms with Crippen LogP contribution in [0.15, 0.2) is 72.8 Å². The van der Waals surface area contributed by atoms with Crippen molar-refractivity contribution in [2.45, 2.75) is 31.5 Å². The van der Waals surface area contributed by atoms with E-state index < -0.39 is 23.5 Å². The fraction of sp³-hybridized carbons (Fsp3) is 0.281. The SMILES string of the molecule is CC12COC([C@@H](NC(=O)c3ccc(C#CC#Cc4ccc(N)cc4)cc3)[C@](C)(O)c3ccc(O)cc3)(OC1)OC2. The number of hydrogen-bond donors (Lipinski definition) is 4. The van der Waals surface area contributed by atoms with E-state index in [2.05, 4.69) is 29.0 Å². The van der Waals surface area contributed by atoms with Gasteiger partial charge in [-0.2, -0.15) is 0 Å². The number of hydrogen-bond acceptors (Lipinski definition) is 7. The van der Waals surface area contributed by atoms with Gasteiger partial charge in [0.15, 0.2) is 0 Å². The first-order valence-corrected chi connectivity index (χ1v) is 12.8. The third-order valence-corrected chi connectivity index (χ3v) is 7.04. The molecule has 2 bridgehead atoms. The monoisotopic (exact) mass is 538 g/mol. The molecule has 40 heavy (non-hydrogen) atoms. The molecule has 8 nitrogen and oxygen atoms in total. The Balaban J connectivity index is 1.35. The number of nitrogens with one attached hydrogen (secondary N) is 1. The third-order valence-electron chi connectivity index (χ3n) is 7.04. The minimum absolute atomic E-state index is 0.0487. The minimum atomic E-state index is -1.69. The number of ether oxygens (including phenoxy) is 3. The fourth-order valence-electron chi connectivity index (χ4n) is 4.56. The summed E-state index contributed by atoms with van der Waals surface area (Å²) in [4.78, 5) is 13.4. The smallest absolute Gasteiger partial charge is 0.307 e. The molecule has 3 aliphatic heterocycles. The molecule has 6 rings (SSSR count). The molecule has 0 aliphatic carbocycles. The Kier molecular flexibility index (Phi) is 7.29. The summed E-state index contributed by atoms with van der Waals surface area (Å²) in [6, 6.07) is 18.8. The van der Waals surface area contributed by atoms with Gasteiger partial charge >= 0.3 is 5.97 Å². The number of carbonyl (C=O) groups excluding carboxylic acids is 1. The van der Waals surface area contributed by atoms with E-state index in [9.17, 15) is 15.0 Å². The molecule has 204 valence electrons. The van der Waals surface area contributed by atoms with Crippen LogP contribution in [0.3, 0.4) is 0 Å². The predicted octanol–water partition coefficient (Wildman–Crippen LogP) is 3.12. The second-order valence-corrected chi connectivity index (χ2v) is 10.6. The van der Waals surface area contributed by atoms with Crippen LogP contribution in [0.25, 0.3) is 0 Å². The highest BCUT2D eigenvalue weighted by Crippen LogP contribution is 2.44. The lowest BCUT2D eigenvalue weighted by Crippen LogP contribution is -2.72. The maximum Gasteiger partial charge on any atom is 0.307 e. The summed E-state index contributed by atoms with van der Waals surface area (Å²) in [6.07, 6.45) is 0. The highest BCUT2D eigenvalue weighted by Gasteiger charge is 2.60. The van der Waals surface area contributed by atoms with E-state index in [1.807, 2.05) is 19.1 Å². The van der Waals surface area contributed by atoms with Crippen molar-refractivity contribution in [3.8, 4) is 29.4 Å². The van der Waals surface area contributed by atoms with E-state index >= 15 is 0 Å². The number of phenolic OH excluding ortho intramolecular Hbond substituents is 1. The lowest BCUT2D eigenvalue weighted by atomic mass is 9.83. The maximum absolute atomic E-state index is 13.4. The molecule has 0 unspecified atom stereocenters. The van der Waals surface area contributed by atoms with Gasteiger partial charge < -0.3 is 35.5 Å². The molecular formula is C32H30N2O6. The summed E-state index contributed by atoms with van der Waals surface area (Å²) in [5.74, 6) is 9.42. The first-order chi connectivity index (χ1) is 19.1. The lowest BCUT2D eigenvalue weighted by molar-refractivity contribution is -0.482. The largest absolute Gasteiger partial charge is 0.508 e. The summed E-state index contributed by atoms with van der Waals surface area (Å²) in [7, 11) is 0. The van der Waals surface area contributed by atoms with Crippen LogP contribution in [0, 0.1) is 29.1 Å². The molecule has 0 spiro atoms. The molecule has 5 N–H and O–H groups in total. The number of aliphatic hydroxyl groups is 1. The van der Waals surface area contributed by atoms with Crippen molar-refractivity contribution in [2.75, 3.05) is 25.6 Å². The van der Waals surface area contributed by atoms with Gasteiger partial charge in [0.2, 0.25) is 0 Å². The summed E-state index contributed by atoms with van der Waals surface area (Å²) in [6.45, 7) is 4.57. The van der Waals surface area contributed by atoms with Crippen LogP contribution >= 0.6 is 0 Å². The number of nitrogens with two attached hydrogens (primary N) is 1. The standard InChI is InChI=1S/C32H30N2O6/c1-30-19-38-32(39-20-30,40-21-30)29(31(2,37)25-13-17-27(35)18-14-25)34-28(36)24-11-7-22(8-12-24)5-3-4-6-23-9-15-26(33)16-10-23/h7-18,29,35,37H,19-21,33H2,1-2H3,(H,34,36)/t29-,30?,31+,32?/m0/s1. The number of anilines is 1. The molecule has 3 aromatic carbocycles. The van der Waals surface area contributed by atoms with Crippen molar-refractivity contribution in [2.24, 2.45) is 5.41 Å². The fourth-order valence-corrected chi connectivity index (χ4v) is 4.56. The molecule has 0 radical (unpaired) electrons. The Labute approximate surface area is 233 Å². The van der Waals surface area contributed by atoms with Crippen molar-refractivity contribution >= 4 is 11.6 Å². The van der Waals surface area contributed by atoms with E-state index in [-0.39, 0.29) is 11.2 Å². The highest BCUT2D eigenvalue weighted by molar-refractivity contribution is 5.94. The molecule has 3 fully saturated rings. The maximum atomic E-state index is 13.4. The Morgan fingerprint density at radius 3 is 1.93 bits per heavy atom. The Morgan fingerprint density at radius 1 is 0.900 bits per heavy atom. The lowest BCUT2D eigenvalue weighted by Gasteiger charge is -2.55. The predicted molar refractivity (Wildman–Crippen MR) is 149 cm³/mol. The van der Waals surface area contributed by atoms with Crippen LogP contribution < -0.4 is 11.1 Å². The number of benzene rings is 3. The number of carbonyl (C=O) groups is 1. The van der Waals surface area contributed by atoms with Crippen LogP contribution in [0.5, 0.6) is 5.75 Å². The summed E-state index contributed by atoms with van der Waals surface area (Å²) < 4.78 is 18.0. The van der Waals surface area contributed by atoms with Gasteiger partial charge in [0.25, 0.3) is 5.91 Å². The number of phenols is 1. The minimum Gasteiger partial charge on any atom is -0.508 e. The van der Waals surface area contributed by atoms with Crippen molar-refractivity contribution in [1.82, 2.24) is 5.32 Å². The number of aromatic hydroxyl groups is 1. The Bertz CT molecular complexity index is 1480. The quantitative estimate of drug-likeness (QED) is 0.291. The Hall–Kier alpha value is -4.31. The van der Waals surface area contributed by atoms with Gasteiger partial charge in [0, 0.05) is 27.8 Å². The number of rotatable bonds is 5. The first-order valence-electron chi connectivity index (χ1n) is 12.8. The number of fused-ring (bicyclic) bond motifs is 3. The van der Waals surface area contributed by atoms with Gasteiger partial charge in [-0.25, -0.2) is 0 Å². The summed E-state index contributed by atoms with van der Waals surface area (Å²) >= 11 is 0. The second-order valence-electron chi connectivity index (χ2n) is 10.6. The van der Waals surface area contributed by atoms with Gasteiger partial charge in [-0.3, -0.25) is 4.79 Å². The van der Waals surface area contributed by atoms with E-state index in [1.54, 1.807) is 55.5 Å². The molecule has 3 heterocycles. The van der Waals surface area contributed by atoms with Gasteiger partial charge in [-0.1, -0.05) is 30.9 Å². The van der Waals surface area contributed by atoms with Crippen molar-refractivity contribution in [1.29, 1.82) is 0 Å². The van der Waals surface area contributed by atoms with E-state index in [0.29, 0.717) is 42.2 Å². The summed E-state index contributed by atoms with van der Waals surface area (Å²) in [5, 5.41) is 24.4. The number of nitrogen functional groups attached to an aromatic ring is 1. The highest BCUT2D eigenvalue weighted by atomic mass is 16.9. The summed E-state index contributed by atoms with van der Waals surface area (Å²) in [5.41, 5.74) is 6.63. The molecule has 0 aromatic heterocycles. The van der Waals surface area contributed by atoms with Crippen LogP contribution in [-0.2, 0) is 19.8 Å². The van der Waals surface area contributed by atoms with E-state index in [1.165, 1.54) is 12.1 Å². The van der Waals surface area contributed by atoms with E-state index in [4.69, 9.17) is 19.9 Å².